The second kappa shape index (κ2) is 23.7. The third-order valence-electron chi connectivity index (χ3n) is 12.3. The first-order chi connectivity index (χ1) is 33.5. The van der Waals surface area contributed by atoms with Gasteiger partial charge in [0.05, 0.1) is 171 Å². The predicted octanol–water partition coefficient (Wildman–Crippen LogP) is 3.89. The molecule has 4 aliphatic rings. The minimum absolute atomic E-state index is 0.0397. The van der Waals surface area contributed by atoms with Gasteiger partial charge in [-0.3, -0.25) is 29.0 Å². The van der Waals surface area contributed by atoms with Crippen molar-refractivity contribution in [1.29, 1.82) is 0 Å². The zero-order valence-corrected chi connectivity index (χ0v) is 38.2. The van der Waals surface area contributed by atoms with E-state index in [1.54, 1.807) is 24.3 Å². The summed E-state index contributed by atoms with van der Waals surface area (Å²) >= 11 is 0. The summed E-state index contributed by atoms with van der Waals surface area (Å²) in [5.41, 5.74) is 1.55. The molecule has 0 aliphatic carbocycles. The molecular weight excluding hydrogens is 885 g/mol. The monoisotopic (exact) mass is 942 g/mol. The van der Waals surface area contributed by atoms with E-state index in [1.165, 1.54) is 9.80 Å². The van der Waals surface area contributed by atoms with Crippen molar-refractivity contribution in [2.45, 2.75) is 12.2 Å². The third kappa shape index (κ3) is 10.8. The second-order valence-electron chi connectivity index (χ2n) is 16.6. The molecular formula is C50H58N2O16. The molecule has 9 rings (SSSR count). The number of ether oxygens (including phenoxy) is 12. The Labute approximate surface area is 393 Å². The molecule has 0 radical (unpaired) electrons. The van der Waals surface area contributed by atoms with Crippen LogP contribution in [-0.4, -0.2) is 204 Å². The van der Waals surface area contributed by atoms with Crippen LogP contribution < -0.4 is 0 Å². The fourth-order valence-electron chi connectivity index (χ4n) is 9.15. The molecule has 18 nitrogen and oxygen atoms in total. The summed E-state index contributed by atoms with van der Waals surface area (Å²) < 4.78 is 68.8. The molecule has 4 amide bonds. The number of hydrogen-bond acceptors (Lipinski definition) is 16. The van der Waals surface area contributed by atoms with Crippen LogP contribution >= 0.6 is 0 Å². The number of carbonyl (C=O) groups excluding carboxylic acids is 4. The Bertz CT molecular complexity index is 2220. The van der Waals surface area contributed by atoms with Crippen LogP contribution in [0.25, 0.3) is 43.1 Å². The third-order valence-corrected chi connectivity index (χ3v) is 12.3. The molecule has 0 N–H and O–H groups in total. The molecule has 0 spiro atoms. The SMILES string of the molecule is O=C1c2ccc3c4ccc5c6c(ccc(c7ccc(c2c37)C(=O)N1CC1COCCOCCOCCOCCOCCO1)c64)C(=O)N(CC1COCCOCCOCCOCCOCCO1)C5=O. The molecule has 0 bridgehead atoms. The second-order valence-corrected chi connectivity index (χ2v) is 16.6. The molecule has 0 saturated carbocycles. The number of benzene rings is 5. The minimum atomic E-state index is -0.636. The maximum absolute atomic E-state index is 14.4. The Hall–Kier alpha value is -4.80. The van der Waals surface area contributed by atoms with E-state index in [0.29, 0.717) is 152 Å². The predicted molar refractivity (Wildman–Crippen MR) is 246 cm³/mol. The highest BCUT2D eigenvalue weighted by atomic mass is 16.6. The van der Waals surface area contributed by atoms with Gasteiger partial charge in [-0.2, -0.15) is 0 Å². The van der Waals surface area contributed by atoms with Crippen LogP contribution in [0.15, 0.2) is 48.5 Å². The van der Waals surface area contributed by atoms with Gasteiger partial charge in [0.15, 0.2) is 0 Å². The Morgan fingerprint density at radius 3 is 0.809 bits per heavy atom. The van der Waals surface area contributed by atoms with E-state index < -0.39 is 35.8 Å². The normalized spacial score (nSPS) is 22.9. The number of nitrogens with zero attached hydrogens (tertiary/aromatic N) is 2. The van der Waals surface area contributed by atoms with E-state index in [4.69, 9.17) is 56.8 Å². The quantitative estimate of drug-likeness (QED) is 0.143. The summed E-state index contributed by atoms with van der Waals surface area (Å²) in [6.07, 6.45) is -1.27. The number of hydrogen-bond donors (Lipinski definition) is 0. The van der Waals surface area contributed by atoms with E-state index in [2.05, 4.69) is 0 Å². The van der Waals surface area contributed by atoms with E-state index in [1.807, 2.05) is 24.3 Å². The molecule has 5 aromatic carbocycles. The van der Waals surface area contributed by atoms with Gasteiger partial charge in [-0.1, -0.05) is 24.3 Å². The summed E-state index contributed by atoms with van der Waals surface area (Å²) in [6.45, 7) is 7.57. The lowest BCUT2D eigenvalue weighted by atomic mass is 9.82. The Balaban J connectivity index is 0.952. The van der Waals surface area contributed by atoms with Crippen molar-refractivity contribution in [2.24, 2.45) is 0 Å². The summed E-state index contributed by atoms with van der Waals surface area (Å²) in [6, 6.07) is 14.6. The van der Waals surface area contributed by atoms with Gasteiger partial charge in [-0.05, 0) is 56.6 Å². The fraction of sp³-hybridized carbons (Fsp3) is 0.520. The van der Waals surface area contributed by atoms with Crippen molar-refractivity contribution in [3.63, 3.8) is 0 Å². The first-order valence-corrected chi connectivity index (χ1v) is 23.4. The molecule has 364 valence electrons. The van der Waals surface area contributed by atoms with Crippen molar-refractivity contribution in [3.8, 4) is 0 Å². The maximum Gasteiger partial charge on any atom is 0.261 e. The van der Waals surface area contributed by atoms with E-state index in [9.17, 15) is 19.2 Å². The highest BCUT2D eigenvalue weighted by molar-refractivity contribution is 6.41. The van der Waals surface area contributed by atoms with Crippen molar-refractivity contribution in [1.82, 2.24) is 9.80 Å². The van der Waals surface area contributed by atoms with Crippen LogP contribution in [0.5, 0.6) is 0 Å². The topological polar surface area (TPSA) is 186 Å². The van der Waals surface area contributed by atoms with Crippen LogP contribution in [0.1, 0.15) is 41.4 Å². The van der Waals surface area contributed by atoms with Crippen LogP contribution in [0.3, 0.4) is 0 Å². The Kier molecular flexibility index (Phi) is 16.8. The van der Waals surface area contributed by atoms with Crippen LogP contribution in [0.2, 0.25) is 0 Å². The lowest BCUT2D eigenvalue weighted by Crippen LogP contribution is -2.46. The number of rotatable bonds is 4. The van der Waals surface area contributed by atoms with Crippen LogP contribution in [0, 0.1) is 0 Å². The molecule has 2 unspecified atom stereocenters. The summed E-state index contributed by atoms with van der Waals surface area (Å²) in [4.78, 5) is 60.1. The average Bonchev–Trinajstić information content (AvgIpc) is 3.35. The molecule has 18 heteroatoms. The molecule has 68 heavy (non-hydrogen) atoms. The molecule has 2 atom stereocenters. The van der Waals surface area contributed by atoms with E-state index >= 15 is 0 Å². The number of amides is 4. The van der Waals surface area contributed by atoms with Gasteiger partial charge in [0.25, 0.3) is 23.6 Å². The van der Waals surface area contributed by atoms with Gasteiger partial charge in [0, 0.05) is 33.0 Å². The van der Waals surface area contributed by atoms with Crippen molar-refractivity contribution >= 4 is 66.7 Å². The summed E-state index contributed by atoms with van der Waals surface area (Å²) in [5.74, 6) is -1.77. The molecule has 4 heterocycles. The molecule has 4 aliphatic heterocycles. The number of imide groups is 2. The van der Waals surface area contributed by atoms with Gasteiger partial charge in [-0.15, -0.1) is 0 Å². The van der Waals surface area contributed by atoms with Crippen LogP contribution in [0.4, 0.5) is 0 Å². The van der Waals surface area contributed by atoms with Crippen molar-refractivity contribution in [2.75, 3.05) is 158 Å². The van der Waals surface area contributed by atoms with Gasteiger partial charge in [0.2, 0.25) is 0 Å². The van der Waals surface area contributed by atoms with Gasteiger partial charge < -0.3 is 56.8 Å². The number of fused-ring (bicyclic) bond motifs is 2. The maximum atomic E-state index is 14.4. The zero-order chi connectivity index (χ0) is 46.7. The standard InChI is InChI=1S/C50H58N2O16/c53-47-39-5-1-35-36-2-6-41-46-42(50(56)52(49(41)55)30-34-32-66-24-22-62-16-14-58-10-12-60-18-20-64-26-28-68-34)8-4-38(44(36)46)37-3-7-40(45(39)43(35)37)48(54)51(47)29-33-31-65-23-21-61-15-13-57-9-11-59-17-19-63-25-27-67-33/h1-8,33-34H,9-32H2. The smallest absolute Gasteiger partial charge is 0.261 e. The lowest BCUT2D eigenvalue weighted by Gasteiger charge is -2.32. The molecule has 2 fully saturated rings. The molecule has 5 aromatic rings. The van der Waals surface area contributed by atoms with Crippen molar-refractivity contribution in [3.05, 3.63) is 70.8 Å². The molecule has 2 saturated heterocycles. The minimum Gasteiger partial charge on any atom is -0.377 e. The highest BCUT2D eigenvalue weighted by Crippen LogP contribution is 2.46. The molecule has 0 aromatic heterocycles. The zero-order valence-electron chi connectivity index (χ0n) is 38.2. The number of carbonyl (C=O) groups is 4. The Morgan fingerprint density at radius 2 is 0.544 bits per heavy atom. The summed E-state index contributed by atoms with van der Waals surface area (Å²) in [7, 11) is 0. The fourth-order valence-corrected chi connectivity index (χ4v) is 9.15. The van der Waals surface area contributed by atoms with Crippen molar-refractivity contribution < 1.29 is 76.0 Å². The van der Waals surface area contributed by atoms with E-state index in [0.717, 1.165) is 32.3 Å². The average molecular weight is 943 g/mol. The lowest BCUT2D eigenvalue weighted by molar-refractivity contribution is -0.0646. The summed E-state index contributed by atoms with van der Waals surface area (Å²) in [5, 5.41) is 5.80. The Morgan fingerprint density at radius 1 is 0.309 bits per heavy atom. The van der Waals surface area contributed by atoms with Crippen LogP contribution in [-0.2, 0) is 56.8 Å². The van der Waals surface area contributed by atoms with Gasteiger partial charge >= 0.3 is 0 Å². The van der Waals surface area contributed by atoms with Gasteiger partial charge in [-0.25, -0.2) is 0 Å². The first kappa shape index (κ1) is 48.2. The van der Waals surface area contributed by atoms with E-state index in [-0.39, 0.29) is 39.5 Å². The highest BCUT2D eigenvalue weighted by Gasteiger charge is 2.38. The van der Waals surface area contributed by atoms with Gasteiger partial charge in [0.1, 0.15) is 0 Å². The first-order valence-electron chi connectivity index (χ1n) is 23.4. The largest absolute Gasteiger partial charge is 0.377 e.